The van der Waals surface area contributed by atoms with Gasteiger partial charge in [-0.25, -0.2) is 0 Å². The third-order valence-electron chi connectivity index (χ3n) is 2.41. The van der Waals surface area contributed by atoms with Crippen LogP contribution in [0.4, 0.5) is 0 Å². The van der Waals surface area contributed by atoms with Crippen molar-refractivity contribution in [3.8, 4) is 0 Å². The van der Waals surface area contributed by atoms with Crippen molar-refractivity contribution >= 4 is 23.2 Å². The Balaban J connectivity index is 2.60. The maximum atomic E-state index is 12.1. The molecule has 1 atom stereocenters. The maximum absolute atomic E-state index is 12.1. The van der Waals surface area contributed by atoms with Gasteiger partial charge in [-0.3, -0.25) is 9.59 Å². The zero-order valence-electron chi connectivity index (χ0n) is 10.4. The Hall–Kier alpha value is -1.36. The molecule has 17 heavy (non-hydrogen) atoms. The van der Waals surface area contributed by atoms with E-state index in [1.165, 1.54) is 6.92 Å². The molecule has 0 aliphatic heterocycles. The first-order valence-electron chi connectivity index (χ1n) is 5.62. The Morgan fingerprint density at radius 3 is 2.71 bits per heavy atom. The van der Waals surface area contributed by atoms with Gasteiger partial charge in [0.15, 0.2) is 0 Å². The number of carbonyl (C=O) groups excluding carboxylic acids is 2. The maximum Gasteiger partial charge on any atom is 0.245 e. The lowest BCUT2D eigenvalue weighted by Gasteiger charge is -2.24. The second kappa shape index (κ2) is 6.39. The monoisotopic (exact) mass is 254 g/mol. The van der Waals surface area contributed by atoms with Gasteiger partial charge >= 0.3 is 0 Å². The third kappa shape index (κ3) is 4.19. The summed E-state index contributed by atoms with van der Waals surface area (Å²) in [5.74, 6) is -0.228. The average molecular weight is 254 g/mol. The van der Waals surface area contributed by atoms with Gasteiger partial charge in [0.2, 0.25) is 11.8 Å². The smallest absolute Gasteiger partial charge is 0.245 e. The number of amides is 2. The van der Waals surface area contributed by atoms with Crippen molar-refractivity contribution in [2.45, 2.75) is 33.4 Å². The van der Waals surface area contributed by atoms with Gasteiger partial charge in [0.05, 0.1) is 6.54 Å². The number of thiophene rings is 1. The molecule has 0 aromatic carbocycles. The normalized spacial score (nSPS) is 11.9. The standard InChI is InChI=1S/C12H18N2O2S/c1-4-14(8-11-6-5-7-17-11)12(16)9(2)13-10(3)15/h5-7,9H,4,8H2,1-3H3,(H,13,15). The quantitative estimate of drug-likeness (QED) is 0.868. The molecule has 0 spiro atoms. The molecule has 0 saturated heterocycles. The zero-order chi connectivity index (χ0) is 12.8. The Morgan fingerprint density at radius 1 is 1.53 bits per heavy atom. The summed E-state index contributed by atoms with van der Waals surface area (Å²) >= 11 is 1.63. The fraction of sp³-hybridized carbons (Fsp3) is 0.500. The number of nitrogens with zero attached hydrogens (tertiary/aromatic N) is 1. The van der Waals surface area contributed by atoms with Gasteiger partial charge in [0.1, 0.15) is 6.04 Å². The first-order chi connectivity index (χ1) is 8.04. The summed E-state index contributed by atoms with van der Waals surface area (Å²) in [7, 11) is 0. The van der Waals surface area contributed by atoms with Crippen LogP contribution in [0, 0.1) is 0 Å². The van der Waals surface area contributed by atoms with Crippen LogP contribution in [0.2, 0.25) is 0 Å². The molecule has 0 aliphatic rings. The van der Waals surface area contributed by atoms with E-state index in [1.54, 1.807) is 23.2 Å². The van der Waals surface area contributed by atoms with Gasteiger partial charge in [-0.15, -0.1) is 11.3 Å². The molecule has 1 rings (SSSR count). The summed E-state index contributed by atoms with van der Waals surface area (Å²) < 4.78 is 0. The Kier molecular flexibility index (Phi) is 5.15. The van der Waals surface area contributed by atoms with Gasteiger partial charge in [-0.05, 0) is 25.3 Å². The molecule has 0 bridgehead atoms. The summed E-state index contributed by atoms with van der Waals surface area (Å²) in [4.78, 5) is 25.8. The highest BCUT2D eigenvalue weighted by atomic mass is 32.1. The average Bonchev–Trinajstić information content (AvgIpc) is 2.76. The first kappa shape index (κ1) is 13.7. The molecule has 1 aromatic rings. The van der Waals surface area contributed by atoms with Crippen LogP contribution in [0.5, 0.6) is 0 Å². The van der Waals surface area contributed by atoms with E-state index >= 15 is 0 Å². The second-order valence-electron chi connectivity index (χ2n) is 3.85. The first-order valence-corrected chi connectivity index (χ1v) is 6.50. The molecular weight excluding hydrogens is 236 g/mol. The van der Waals surface area contributed by atoms with E-state index < -0.39 is 6.04 Å². The van der Waals surface area contributed by atoms with Crippen molar-refractivity contribution in [2.75, 3.05) is 6.54 Å². The molecule has 1 heterocycles. The predicted octanol–water partition coefficient (Wildman–Crippen LogP) is 1.62. The van der Waals surface area contributed by atoms with Crippen LogP contribution in [0.3, 0.4) is 0 Å². The lowest BCUT2D eigenvalue weighted by molar-refractivity contribution is -0.135. The molecule has 1 unspecified atom stereocenters. The van der Waals surface area contributed by atoms with E-state index in [0.717, 1.165) is 4.88 Å². The van der Waals surface area contributed by atoms with E-state index in [2.05, 4.69) is 5.32 Å². The van der Waals surface area contributed by atoms with Crippen molar-refractivity contribution in [3.05, 3.63) is 22.4 Å². The molecule has 0 radical (unpaired) electrons. The predicted molar refractivity (Wildman–Crippen MR) is 68.7 cm³/mol. The fourth-order valence-corrected chi connectivity index (χ4v) is 2.30. The minimum Gasteiger partial charge on any atom is -0.345 e. The van der Waals surface area contributed by atoms with Gasteiger partial charge in [0.25, 0.3) is 0 Å². The van der Waals surface area contributed by atoms with E-state index in [9.17, 15) is 9.59 Å². The summed E-state index contributed by atoms with van der Waals surface area (Å²) in [6, 6.07) is 3.51. The zero-order valence-corrected chi connectivity index (χ0v) is 11.2. The Bertz CT molecular complexity index is 376. The van der Waals surface area contributed by atoms with Crippen molar-refractivity contribution in [2.24, 2.45) is 0 Å². The summed E-state index contributed by atoms with van der Waals surface area (Å²) in [5, 5.41) is 4.60. The summed E-state index contributed by atoms with van der Waals surface area (Å²) in [5.41, 5.74) is 0. The molecule has 0 saturated carbocycles. The largest absolute Gasteiger partial charge is 0.345 e. The van der Waals surface area contributed by atoms with E-state index in [1.807, 2.05) is 24.4 Å². The number of likely N-dealkylation sites (N-methyl/N-ethyl adjacent to an activating group) is 1. The Morgan fingerprint density at radius 2 is 2.24 bits per heavy atom. The molecule has 0 aliphatic carbocycles. The van der Waals surface area contributed by atoms with Gasteiger partial charge < -0.3 is 10.2 Å². The van der Waals surface area contributed by atoms with Gasteiger partial charge in [-0.1, -0.05) is 6.07 Å². The van der Waals surface area contributed by atoms with E-state index in [0.29, 0.717) is 13.1 Å². The van der Waals surface area contributed by atoms with Crippen molar-refractivity contribution in [1.82, 2.24) is 10.2 Å². The van der Waals surface area contributed by atoms with Crippen molar-refractivity contribution in [3.63, 3.8) is 0 Å². The highest BCUT2D eigenvalue weighted by Gasteiger charge is 2.20. The minimum atomic E-state index is -0.465. The number of hydrogen-bond donors (Lipinski definition) is 1. The van der Waals surface area contributed by atoms with Gasteiger partial charge in [-0.2, -0.15) is 0 Å². The SMILES string of the molecule is CCN(Cc1cccs1)C(=O)C(C)NC(C)=O. The van der Waals surface area contributed by atoms with Crippen LogP contribution in [0.25, 0.3) is 0 Å². The third-order valence-corrected chi connectivity index (χ3v) is 3.27. The topological polar surface area (TPSA) is 49.4 Å². The molecule has 0 fully saturated rings. The molecular formula is C12H18N2O2S. The number of rotatable bonds is 5. The van der Waals surface area contributed by atoms with Crippen LogP contribution in [0.1, 0.15) is 25.6 Å². The molecule has 2 amide bonds. The molecule has 94 valence electrons. The highest BCUT2D eigenvalue weighted by molar-refractivity contribution is 7.09. The van der Waals surface area contributed by atoms with Crippen molar-refractivity contribution in [1.29, 1.82) is 0 Å². The van der Waals surface area contributed by atoms with Crippen LogP contribution in [0.15, 0.2) is 17.5 Å². The van der Waals surface area contributed by atoms with E-state index in [-0.39, 0.29) is 11.8 Å². The fourth-order valence-electron chi connectivity index (χ4n) is 1.58. The molecule has 5 heteroatoms. The summed E-state index contributed by atoms with van der Waals surface area (Å²) in [6.45, 7) is 6.31. The van der Waals surface area contributed by atoms with Crippen LogP contribution in [-0.4, -0.2) is 29.3 Å². The van der Waals surface area contributed by atoms with Crippen LogP contribution in [-0.2, 0) is 16.1 Å². The molecule has 1 N–H and O–H groups in total. The van der Waals surface area contributed by atoms with E-state index in [4.69, 9.17) is 0 Å². The minimum absolute atomic E-state index is 0.0453. The lowest BCUT2D eigenvalue weighted by Crippen LogP contribution is -2.45. The lowest BCUT2D eigenvalue weighted by atomic mass is 10.2. The number of carbonyl (C=O) groups is 2. The van der Waals surface area contributed by atoms with Gasteiger partial charge in [0, 0.05) is 18.3 Å². The molecule has 4 nitrogen and oxygen atoms in total. The second-order valence-corrected chi connectivity index (χ2v) is 4.89. The molecule has 1 aromatic heterocycles. The van der Waals surface area contributed by atoms with Crippen LogP contribution < -0.4 is 5.32 Å². The Labute approximate surface area is 106 Å². The van der Waals surface area contributed by atoms with Crippen molar-refractivity contribution < 1.29 is 9.59 Å². The number of hydrogen-bond acceptors (Lipinski definition) is 3. The van der Waals surface area contributed by atoms with Crippen LogP contribution >= 0.6 is 11.3 Å². The summed E-state index contributed by atoms with van der Waals surface area (Å²) in [6.07, 6.45) is 0. The number of nitrogens with one attached hydrogen (secondary N) is 1. The highest BCUT2D eigenvalue weighted by Crippen LogP contribution is 2.12.